The maximum absolute atomic E-state index is 13.9. The molecule has 4 aromatic rings. The van der Waals surface area contributed by atoms with Crippen molar-refractivity contribution in [2.24, 2.45) is 0 Å². The highest BCUT2D eigenvalue weighted by Gasteiger charge is 2.36. The van der Waals surface area contributed by atoms with Crippen molar-refractivity contribution >= 4 is 26.7 Å². The molecule has 3 heterocycles. The van der Waals surface area contributed by atoms with Crippen LogP contribution in [0.15, 0.2) is 84.0 Å². The molecule has 39 heavy (non-hydrogen) atoms. The number of imidazole rings is 1. The van der Waals surface area contributed by atoms with Gasteiger partial charge in [0.25, 0.3) is 0 Å². The minimum Gasteiger partial charge on any atom is -0.348 e. The zero-order valence-corrected chi connectivity index (χ0v) is 22.8. The van der Waals surface area contributed by atoms with Crippen molar-refractivity contribution in [1.29, 1.82) is 0 Å². The Hall–Kier alpha value is -3.49. The maximum atomic E-state index is 13.9. The minimum absolute atomic E-state index is 0.0942. The number of hydrogen-bond acceptors (Lipinski definition) is 4. The molecule has 6 rings (SSSR count). The second kappa shape index (κ2) is 10.9. The summed E-state index contributed by atoms with van der Waals surface area (Å²) in [6.07, 6.45) is 6.87. The van der Waals surface area contributed by atoms with Crippen molar-refractivity contribution in [3.05, 3.63) is 96.1 Å². The lowest BCUT2D eigenvalue weighted by Crippen LogP contribution is -2.44. The van der Waals surface area contributed by atoms with E-state index in [1.54, 1.807) is 16.7 Å². The standard InChI is InChI=1S/C31H34N4O3S/c36-29(34-21-19-27-30(33-22-32-27)31(34)24-11-2-1-3-12-24)18-9-15-25-14-6-7-20-35(25)39(37,38)28-17-8-13-23-10-4-5-16-26(23)28/h1-5,8,10-13,16-17,22,25,31H,6-7,9,14-15,18-21H2,(H,32,33). The van der Waals surface area contributed by atoms with Gasteiger partial charge in [0.1, 0.15) is 6.04 Å². The molecule has 2 atom stereocenters. The van der Waals surface area contributed by atoms with E-state index in [0.29, 0.717) is 37.2 Å². The highest BCUT2D eigenvalue weighted by molar-refractivity contribution is 7.89. The van der Waals surface area contributed by atoms with Gasteiger partial charge in [0, 0.05) is 43.1 Å². The number of aromatic nitrogens is 2. The molecule has 2 unspecified atom stereocenters. The molecule has 0 bridgehead atoms. The largest absolute Gasteiger partial charge is 0.348 e. The van der Waals surface area contributed by atoms with E-state index in [1.807, 2.05) is 71.6 Å². The average Bonchev–Trinajstić information content (AvgIpc) is 3.46. The van der Waals surface area contributed by atoms with Gasteiger partial charge in [-0.1, -0.05) is 73.2 Å². The highest BCUT2D eigenvalue weighted by Crippen LogP contribution is 2.35. The number of benzene rings is 3. The monoisotopic (exact) mass is 542 g/mol. The van der Waals surface area contributed by atoms with Crippen LogP contribution in [-0.4, -0.2) is 52.6 Å². The van der Waals surface area contributed by atoms with Crippen LogP contribution in [0.1, 0.15) is 61.5 Å². The van der Waals surface area contributed by atoms with Gasteiger partial charge in [-0.05, 0) is 42.7 Å². The molecule has 1 fully saturated rings. The summed E-state index contributed by atoms with van der Waals surface area (Å²) in [7, 11) is -3.65. The van der Waals surface area contributed by atoms with Crippen LogP contribution >= 0.6 is 0 Å². The summed E-state index contributed by atoms with van der Waals surface area (Å²) in [4.78, 5) is 23.7. The molecule has 0 radical (unpaired) electrons. The molecule has 8 heteroatoms. The molecule has 1 amide bonds. The van der Waals surface area contributed by atoms with Crippen LogP contribution in [-0.2, 0) is 21.2 Å². The first-order valence-electron chi connectivity index (χ1n) is 13.9. The average molecular weight is 543 g/mol. The molecule has 1 aromatic heterocycles. The van der Waals surface area contributed by atoms with Gasteiger partial charge in [0.05, 0.1) is 16.9 Å². The Balaban J connectivity index is 1.17. The molecular weight excluding hydrogens is 508 g/mol. The number of H-pyrrole nitrogens is 1. The van der Waals surface area contributed by atoms with Crippen molar-refractivity contribution < 1.29 is 13.2 Å². The molecule has 3 aromatic carbocycles. The second-order valence-electron chi connectivity index (χ2n) is 10.6. The molecule has 2 aliphatic rings. The molecule has 0 saturated carbocycles. The van der Waals surface area contributed by atoms with E-state index >= 15 is 0 Å². The van der Waals surface area contributed by atoms with Crippen molar-refractivity contribution in [1.82, 2.24) is 19.2 Å². The lowest BCUT2D eigenvalue weighted by atomic mass is 9.94. The third-order valence-electron chi connectivity index (χ3n) is 8.20. The Bertz CT molecular complexity index is 1560. The minimum atomic E-state index is -3.65. The van der Waals surface area contributed by atoms with Crippen LogP contribution in [0.2, 0.25) is 0 Å². The number of nitrogens with one attached hydrogen (secondary N) is 1. The van der Waals surface area contributed by atoms with Gasteiger partial charge >= 0.3 is 0 Å². The SMILES string of the molecule is O=C(CCCC1CCCCN1S(=O)(=O)c1cccc2ccccc12)N1CCc2[nH]cnc2C1c1ccccc1. The van der Waals surface area contributed by atoms with Crippen LogP contribution in [0.3, 0.4) is 0 Å². The van der Waals surface area contributed by atoms with E-state index in [-0.39, 0.29) is 18.0 Å². The Labute approximate surface area is 229 Å². The zero-order chi connectivity index (χ0) is 26.8. The van der Waals surface area contributed by atoms with Gasteiger partial charge < -0.3 is 9.88 Å². The summed E-state index contributed by atoms with van der Waals surface area (Å²) in [5, 5.41) is 1.68. The Morgan fingerprint density at radius 3 is 2.62 bits per heavy atom. The number of carbonyl (C=O) groups excluding carboxylic acids is 1. The number of rotatable bonds is 7. The highest BCUT2D eigenvalue weighted by atomic mass is 32.2. The van der Waals surface area contributed by atoms with Crippen molar-refractivity contribution in [2.75, 3.05) is 13.1 Å². The summed E-state index contributed by atoms with van der Waals surface area (Å²) in [5.41, 5.74) is 3.06. The lowest BCUT2D eigenvalue weighted by molar-refractivity contribution is -0.133. The predicted octanol–water partition coefficient (Wildman–Crippen LogP) is 5.45. The molecular formula is C31H34N4O3S. The van der Waals surface area contributed by atoms with Gasteiger partial charge in [-0.25, -0.2) is 13.4 Å². The normalized spacial score (nSPS) is 20.2. The van der Waals surface area contributed by atoms with Gasteiger partial charge in [-0.2, -0.15) is 4.31 Å². The van der Waals surface area contributed by atoms with E-state index in [2.05, 4.69) is 9.97 Å². The van der Waals surface area contributed by atoms with Crippen LogP contribution in [0, 0.1) is 0 Å². The molecule has 202 valence electrons. The topological polar surface area (TPSA) is 86.4 Å². The van der Waals surface area contributed by atoms with E-state index in [4.69, 9.17) is 0 Å². The van der Waals surface area contributed by atoms with Gasteiger partial charge in [-0.3, -0.25) is 4.79 Å². The Kier molecular flexibility index (Phi) is 7.23. The fourth-order valence-corrected chi connectivity index (χ4v) is 8.22. The van der Waals surface area contributed by atoms with E-state index in [1.165, 1.54) is 0 Å². The number of amides is 1. The smallest absolute Gasteiger partial charge is 0.243 e. The summed E-state index contributed by atoms with van der Waals surface area (Å²) in [6.45, 7) is 1.16. The number of sulfonamides is 1. The molecule has 0 aliphatic carbocycles. The van der Waals surface area contributed by atoms with E-state index in [0.717, 1.165) is 53.4 Å². The Morgan fingerprint density at radius 1 is 0.949 bits per heavy atom. The van der Waals surface area contributed by atoms with Gasteiger partial charge in [0.2, 0.25) is 15.9 Å². The summed E-state index contributed by atoms with van der Waals surface area (Å²) in [6, 6.07) is 22.9. The quantitative estimate of drug-likeness (QED) is 0.336. The molecule has 0 spiro atoms. The number of fused-ring (bicyclic) bond motifs is 2. The van der Waals surface area contributed by atoms with Crippen LogP contribution in [0.25, 0.3) is 10.8 Å². The molecule has 7 nitrogen and oxygen atoms in total. The van der Waals surface area contributed by atoms with E-state index < -0.39 is 10.0 Å². The maximum Gasteiger partial charge on any atom is 0.243 e. The molecule has 2 aliphatic heterocycles. The first kappa shape index (κ1) is 25.8. The predicted molar refractivity (Wildman–Crippen MR) is 152 cm³/mol. The number of piperidine rings is 1. The van der Waals surface area contributed by atoms with Gasteiger partial charge in [0.15, 0.2) is 0 Å². The number of aromatic amines is 1. The van der Waals surface area contributed by atoms with Crippen LogP contribution in [0.5, 0.6) is 0 Å². The van der Waals surface area contributed by atoms with Crippen molar-refractivity contribution in [2.45, 2.75) is 61.9 Å². The van der Waals surface area contributed by atoms with E-state index in [9.17, 15) is 13.2 Å². The van der Waals surface area contributed by atoms with Crippen LogP contribution in [0.4, 0.5) is 0 Å². The first-order valence-corrected chi connectivity index (χ1v) is 15.3. The van der Waals surface area contributed by atoms with Gasteiger partial charge in [-0.15, -0.1) is 0 Å². The third kappa shape index (κ3) is 4.99. The first-order chi connectivity index (χ1) is 19.0. The fourth-order valence-electron chi connectivity index (χ4n) is 6.28. The number of hydrogen-bond donors (Lipinski definition) is 1. The number of carbonyl (C=O) groups is 1. The number of nitrogens with zero attached hydrogens (tertiary/aromatic N) is 3. The van der Waals surface area contributed by atoms with Crippen LogP contribution < -0.4 is 0 Å². The van der Waals surface area contributed by atoms with Crippen molar-refractivity contribution in [3.63, 3.8) is 0 Å². The lowest BCUT2D eigenvalue weighted by Gasteiger charge is -2.36. The summed E-state index contributed by atoms with van der Waals surface area (Å²) < 4.78 is 29.5. The fraction of sp³-hybridized carbons (Fsp3) is 0.355. The second-order valence-corrected chi connectivity index (χ2v) is 12.4. The van der Waals surface area contributed by atoms with Crippen molar-refractivity contribution in [3.8, 4) is 0 Å². The molecule has 1 N–H and O–H groups in total. The third-order valence-corrected chi connectivity index (χ3v) is 10.2. The zero-order valence-electron chi connectivity index (χ0n) is 22.0. The summed E-state index contributed by atoms with van der Waals surface area (Å²) in [5.74, 6) is 0.0942. The Morgan fingerprint density at radius 2 is 1.74 bits per heavy atom. The molecule has 1 saturated heterocycles. The summed E-state index contributed by atoms with van der Waals surface area (Å²) >= 11 is 0.